The summed E-state index contributed by atoms with van der Waals surface area (Å²) in [6, 6.07) is 3.07. The molecule has 1 heterocycles. The fourth-order valence-electron chi connectivity index (χ4n) is 1.87. The van der Waals surface area contributed by atoms with Gasteiger partial charge in [0, 0.05) is 11.6 Å². The fraction of sp³-hybridized carbons (Fsp3) is 0.154. The molecule has 88 valence electrons. The number of H-pyrrole nitrogens is 1. The highest BCUT2D eigenvalue weighted by atomic mass is 16.5. The zero-order valence-corrected chi connectivity index (χ0v) is 9.49. The average Bonchev–Trinajstić information content (AvgIpc) is 2.72. The lowest BCUT2D eigenvalue weighted by molar-refractivity contribution is 0.0600. The van der Waals surface area contributed by atoms with E-state index in [-0.39, 0.29) is 5.75 Å². The highest BCUT2D eigenvalue weighted by Gasteiger charge is 2.13. The molecule has 0 aliphatic rings. The predicted molar refractivity (Wildman–Crippen MR) is 65.2 cm³/mol. The number of hydrogen-bond donors (Lipinski definition) is 2. The van der Waals surface area contributed by atoms with Crippen LogP contribution in [0.3, 0.4) is 0 Å². The molecule has 17 heavy (non-hydrogen) atoms. The summed E-state index contributed by atoms with van der Waals surface area (Å²) in [5.41, 5.74) is 1.98. The van der Waals surface area contributed by atoms with Crippen LogP contribution in [0, 0.1) is 0 Å². The molecule has 0 fully saturated rings. The number of aromatic hydroxyl groups is 1. The van der Waals surface area contributed by atoms with Gasteiger partial charge in [-0.05, 0) is 24.1 Å². The van der Waals surface area contributed by atoms with Crippen molar-refractivity contribution in [3.63, 3.8) is 0 Å². The Bertz CT molecular complexity index is 584. The number of ether oxygens (including phenoxy) is 1. The molecule has 0 atom stereocenters. The maximum Gasteiger partial charge on any atom is 0.338 e. The van der Waals surface area contributed by atoms with Crippen molar-refractivity contribution < 1.29 is 14.6 Å². The number of aromatic nitrogens is 1. The number of rotatable bonds is 3. The Morgan fingerprint density at radius 2 is 2.35 bits per heavy atom. The van der Waals surface area contributed by atoms with Crippen LogP contribution in [0.15, 0.2) is 31.0 Å². The summed E-state index contributed by atoms with van der Waals surface area (Å²) in [5.74, 6) is -0.400. The van der Waals surface area contributed by atoms with Gasteiger partial charge in [-0.2, -0.15) is 0 Å². The number of benzene rings is 1. The molecular formula is C13H13NO3. The smallest absolute Gasteiger partial charge is 0.338 e. The third kappa shape index (κ3) is 1.89. The van der Waals surface area contributed by atoms with E-state index < -0.39 is 5.97 Å². The van der Waals surface area contributed by atoms with Gasteiger partial charge in [-0.1, -0.05) is 6.08 Å². The third-order valence-corrected chi connectivity index (χ3v) is 2.63. The van der Waals surface area contributed by atoms with Crippen LogP contribution in [-0.4, -0.2) is 23.2 Å². The zero-order valence-electron chi connectivity index (χ0n) is 9.49. The van der Waals surface area contributed by atoms with Gasteiger partial charge in [-0.3, -0.25) is 0 Å². The van der Waals surface area contributed by atoms with Gasteiger partial charge < -0.3 is 14.8 Å². The number of nitrogens with one attached hydrogen (secondary N) is 1. The van der Waals surface area contributed by atoms with Crippen LogP contribution >= 0.6 is 0 Å². The van der Waals surface area contributed by atoms with E-state index in [4.69, 9.17) is 0 Å². The summed E-state index contributed by atoms with van der Waals surface area (Å²) in [6.45, 7) is 3.66. The van der Waals surface area contributed by atoms with Gasteiger partial charge in [0.15, 0.2) is 0 Å². The molecule has 0 unspecified atom stereocenters. The SMILES string of the molecule is C=CCc1c[nH]c2cc(C(=O)OC)cc(O)c12. The molecule has 0 aliphatic carbocycles. The van der Waals surface area contributed by atoms with Crippen molar-refractivity contribution in [3.8, 4) is 5.75 Å². The van der Waals surface area contributed by atoms with E-state index in [1.165, 1.54) is 13.2 Å². The highest BCUT2D eigenvalue weighted by molar-refractivity contribution is 5.98. The van der Waals surface area contributed by atoms with E-state index in [2.05, 4.69) is 16.3 Å². The van der Waals surface area contributed by atoms with Crippen molar-refractivity contribution in [2.75, 3.05) is 7.11 Å². The lowest BCUT2D eigenvalue weighted by Gasteiger charge is -2.03. The standard InChI is InChI=1S/C13H13NO3/c1-3-4-8-7-14-10-5-9(13(16)17-2)6-11(15)12(8)10/h3,5-7,14-15H,1,4H2,2H3. The highest BCUT2D eigenvalue weighted by Crippen LogP contribution is 2.30. The summed E-state index contributed by atoms with van der Waals surface area (Å²) >= 11 is 0. The molecule has 0 radical (unpaired) electrons. The van der Waals surface area contributed by atoms with Crippen molar-refractivity contribution in [2.45, 2.75) is 6.42 Å². The van der Waals surface area contributed by atoms with E-state index in [1.807, 2.05) is 0 Å². The topological polar surface area (TPSA) is 62.3 Å². The molecular weight excluding hydrogens is 218 g/mol. The Morgan fingerprint density at radius 3 is 3.00 bits per heavy atom. The molecule has 0 amide bonds. The van der Waals surface area contributed by atoms with Crippen molar-refractivity contribution in [1.29, 1.82) is 0 Å². The molecule has 1 aromatic carbocycles. The lowest BCUT2D eigenvalue weighted by Crippen LogP contribution is -2.00. The second-order valence-electron chi connectivity index (χ2n) is 3.72. The first kappa shape index (κ1) is 11.3. The summed E-state index contributed by atoms with van der Waals surface area (Å²) in [5, 5.41) is 10.7. The van der Waals surface area contributed by atoms with Gasteiger partial charge in [0.1, 0.15) is 5.75 Å². The fourth-order valence-corrected chi connectivity index (χ4v) is 1.87. The van der Waals surface area contributed by atoms with E-state index in [0.717, 1.165) is 10.9 Å². The van der Waals surface area contributed by atoms with Crippen molar-refractivity contribution in [2.24, 2.45) is 0 Å². The number of fused-ring (bicyclic) bond motifs is 1. The Balaban J connectivity index is 2.61. The number of aromatic amines is 1. The van der Waals surface area contributed by atoms with E-state index in [1.54, 1.807) is 18.3 Å². The minimum absolute atomic E-state index is 0.0704. The number of allylic oxidation sites excluding steroid dienone is 1. The van der Waals surface area contributed by atoms with Crippen molar-refractivity contribution in [1.82, 2.24) is 4.98 Å². The molecule has 2 aromatic rings. The number of phenolic OH excluding ortho intramolecular Hbond substituents is 1. The van der Waals surface area contributed by atoms with Crippen molar-refractivity contribution in [3.05, 3.63) is 42.1 Å². The monoisotopic (exact) mass is 231 g/mol. The first-order chi connectivity index (χ1) is 8.17. The van der Waals surface area contributed by atoms with Crippen LogP contribution in [0.1, 0.15) is 15.9 Å². The largest absolute Gasteiger partial charge is 0.507 e. The molecule has 4 nitrogen and oxygen atoms in total. The number of phenols is 1. The molecule has 0 spiro atoms. The maximum absolute atomic E-state index is 11.4. The van der Waals surface area contributed by atoms with E-state index >= 15 is 0 Å². The first-order valence-corrected chi connectivity index (χ1v) is 5.19. The molecule has 0 saturated heterocycles. The Labute approximate surface area is 98.5 Å². The molecule has 4 heteroatoms. The Kier molecular flexibility index (Phi) is 2.87. The second-order valence-corrected chi connectivity index (χ2v) is 3.72. The van der Waals surface area contributed by atoms with Gasteiger partial charge in [0.2, 0.25) is 0 Å². The first-order valence-electron chi connectivity index (χ1n) is 5.19. The third-order valence-electron chi connectivity index (χ3n) is 2.63. The number of carbonyl (C=O) groups is 1. The number of esters is 1. The van der Waals surface area contributed by atoms with Crippen LogP contribution in [0.2, 0.25) is 0 Å². The molecule has 0 aliphatic heterocycles. The van der Waals surface area contributed by atoms with Crippen LogP contribution in [0.5, 0.6) is 5.75 Å². The Morgan fingerprint density at radius 1 is 1.59 bits per heavy atom. The minimum Gasteiger partial charge on any atom is -0.507 e. The molecule has 0 saturated carbocycles. The summed E-state index contributed by atoms with van der Waals surface area (Å²) in [4.78, 5) is 14.4. The van der Waals surface area contributed by atoms with Crippen molar-refractivity contribution >= 4 is 16.9 Å². The summed E-state index contributed by atoms with van der Waals surface area (Å²) < 4.78 is 4.61. The van der Waals surface area contributed by atoms with Crippen LogP contribution in [0.4, 0.5) is 0 Å². The molecule has 0 bridgehead atoms. The predicted octanol–water partition coefficient (Wildman–Crippen LogP) is 2.39. The lowest BCUT2D eigenvalue weighted by atomic mass is 10.1. The van der Waals surface area contributed by atoms with E-state index in [9.17, 15) is 9.90 Å². The number of methoxy groups -OCH3 is 1. The second kappa shape index (κ2) is 4.33. The normalized spacial score (nSPS) is 10.4. The van der Waals surface area contributed by atoms with Crippen LogP contribution in [0.25, 0.3) is 10.9 Å². The van der Waals surface area contributed by atoms with Crippen LogP contribution in [-0.2, 0) is 11.2 Å². The van der Waals surface area contributed by atoms with Gasteiger partial charge in [0.05, 0.1) is 18.2 Å². The molecule has 1 aromatic heterocycles. The minimum atomic E-state index is -0.470. The summed E-state index contributed by atoms with van der Waals surface area (Å²) in [7, 11) is 1.31. The number of hydrogen-bond acceptors (Lipinski definition) is 3. The van der Waals surface area contributed by atoms with Gasteiger partial charge in [-0.15, -0.1) is 6.58 Å². The van der Waals surface area contributed by atoms with Gasteiger partial charge in [-0.25, -0.2) is 4.79 Å². The molecule has 2 rings (SSSR count). The zero-order chi connectivity index (χ0) is 12.4. The average molecular weight is 231 g/mol. The maximum atomic E-state index is 11.4. The quantitative estimate of drug-likeness (QED) is 0.629. The summed E-state index contributed by atoms with van der Waals surface area (Å²) in [6.07, 6.45) is 4.22. The van der Waals surface area contributed by atoms with Gasteiger partial charge >= 0.3 is 5.97 Å². The van der Waals surface area contributed by atoms with Crippen LogP contribution < -0.4 is 0 Å². The molecule has 2 N–H and O–H groups in total. The Hall–Kier alpha value is -2.23. The van der Waals surface area contributed by atoms with E-state index in [0.29, 0.717) is 17.5 Å². The van der Waals surface area contributed by atoms with Gasteiger partial charge in [0.25, 0.3) is 0 Å². The number of carbonyl (C=O) groups excluding carboxylic acids is 1.